The van der Waals surface area contributed by atoms with E-state index in [1.165, 1.54) is 11.3 Å². The smallest absolute Gasteiger partial charge is 0.157 e. The maximum Gasteiger partial charge on any atom is 0.157 e. The van der Waals surface area contributed by atoms with Gasteiger partial charge in [-0.15, -0.1) is 10.2 Å². The number of benzene rings is 1. The molecule has 0 N–H and O–H groups in total. The summed E-state index contributed by atoms with van der Waals surface area (Å²) < 4.78 is 4.34. The molecule has 0 saturated heterocycles. The second-order valence-corrected chi connectivity index (χ2v) is 7.07. The van der Waals surface area contributed by atoms with Gasteiger partial charge in [-0.05, 0) is 31.6 Å². The molecule has 0 aliphatic carbocycles. The lowest BCUT2D eigenvalue weighted by atomic mass is 10.1. The maximum absolute atomic E-state index is 4.67. The van der Waals surface area contributed by atoms with Crippen molar-refractivity contribution in [2.45, 2.75) is 39.0 Å². The monoisotopic (exact) mass is 358 g/mol. The fourth-order valence-electron chi connectivity index (χ4n) is 4.07. The molecular weight excluding hydrogens is 336 g/mol. The standard InChI is InChI=1S/C21H22N6/c1-3-25-13-17(22-14-25)19-11-20-18(9-10-21-24-23-15(2)27(20)21)26(19)12-16-7-5-4-6-8-16/h4-11,13-14,18,20H,3,12H2,1-2H3. The van der Waals surface area contributed by atoms with E-state index in [1.807, 2.05) is 13.3 Å². The Morgan fingerprint density at radius 1 is 1.07 bits per heavy atom. The fraction of sp³-hybridized carbons (Fsp3) is 0.286. The zero-order valence-electron chi connectivity index (χ0n) is 15.5. The molecule has 0 saturated carbocycles. The number of aromatic nitrogens is 5. The van der Waals surface area contributed by atoms with Gasteiger partial charge in [-0.25, -0.2) is 4.98 Å². The minimum atomic E-state index is 0.186. The highest BCUT2D eigenvalue weighted by Gasteiger charge is 2.38. The minimum absolute atomic E-state index is 0.186. The highest BCUT2D eigenvalue weighted by molar-refractivity contribution is 5.67. The van der Waals surface area contributed by atoms with Gasteiger partial charge in [0.25, 0.3) is 0 Å². The van der Waals surface area contributed by atoms with Crippen molar-refractivity contribution < 1.29 is 0 Å². The van der Waals surface area contributed by atoms with Crippen LogP contribution in [0.4, 0.5) is 0 Å². The minimum Gasteiger partial charge on any atom is -0.357 e. The van der Waals surface area contributed by atoms with Crippen LogP contribution in [-0.2, 0) is 13.1 Å². The van der Waals surface area contributed by atoms with Crippen LogP contribution >= 0.6 is 0 Å². The lowest BCUT2D eigenvalue weighted by Crippen LogP contribution is -2.35. The van der Waals surface area contributed by atoms with E-state index in [2.05, 4.69) is 90.9 Å². The van der Waals surface area contributed by atoms with Crippen LogP contribution in [0.25, 0.3) is 11.8 Å². The molecule has 0 bridgehead atoms. The van der Waals surface area contributed by atoms with E-state index in [-0.39, 0.29) is 12.1 Å². The summed E-state index contributed by atoms with van der Waals surface area (Å²) in [5.74, 6) is 1.87. The zero-order chi connectivity index (χ0) is 18.4. The molecule has 3 aromatic rings. The molecule has 0 amide bonds. The fourth-order valence-corrected chi connectivity index (χ4v) is 4.07. The van der Waals surface area contributed by atoms with Crippen molar-refractivity contribution >= 4 is 11.8 Å². The predicted octanol–water partition coefficient (Wildman–Crippen LogP) is 3.30. The van der Waals surface area contributed by atoms with Gasteiger partial charge in [-0.1, -0.05) is 36.4 Å². The average molecular weight is 358 g/mol. The summed E-state index contributed by atoms with van der Waals surface area (Å²) in [6.45, 7) is 5.91. The van der Waals surface area contributed by atoms with Crippen LogP contribution < -0.4 is 0 Å². The Labute approximate surface area is 158 Å². The van der Waals surface area contributed by atoms with Gasteiger partial charge in [-0.3, -0.25) is 0 Å². The number of fused-ring (bicyclic) bond motifs is 3. The van der Waals surface area contributed by atoms with E-state index in [0.29, 0.717) is 0 Å². The molecule has 136 valence electrons. The first kappa shape index (κ1) is 16.1. The molecule has 0 radical (unpaired) electrons. The van der Waals surface area contributed by atoms with E-state index in [9.17, 15) is 0 Å². The van der Waals surface area contributed by atoms with E-state index in [1.54, 1.807) is 0 Å². The maximum atomic E-state index is 4.67. The number of hydrogen-bond acceptors (Lipinski definition) is 4. The second-order valence-electron chi connectivity index (χ2n) is 7.07. The Kier molecular flexibility index (Phi) is 3.70. The van der Waals surface area contributed by atoms with Crippen molar-refractivity contribution in [1.29, 1.82) is 0 Å². The summed E-state index contributed by atoms with van der Waals surface area (Å²) in [6.07, 6.45) is 10.7. The van der Waals surface area contributed by atoms with Crippen molar-refractivity contribution in [1.82, 2.24) is 29.2 Å². The third-order valence-corrected chi connectivity index (χ3v) is 5.44. The Morgan fingerprint density at radius 2 is 1.93 bits per heavy atom. The molecule has 1 aromatic carbocycles. The van der Waals surface area contributed by atoms with Gasteiger partial charge >= 0.3 is 0 Å². The molecular formula is C21H22N6. The highest BCUT2D eigenvalue weighted by Crippen LogP contribution is 2.41. The van der Waals surface area contributed by atoms with Crippen molar-refractivity contribution in [3.05, 3.63) is 77.9 Å². The topological polar surface area (TPSA) is 51.8 Å². The van der Waals surface area contributed by atoms with Crippen molar-refractivity contribution in [2.24, 2.45) is 0 Å². The van der Waals surface area contributed by atoms with E-state index in [0.717, 1.165) is 30.4 Å². The van der Waals surface area contributed by atoms with E-state index >= 15 is 0 Å². The van der Waals surface area contributed by atoms with Gasteiger partial charge in [0, 0.05) is 19.3 Å². The van der Waals surface area contributed by atoms with Gasteiger partial charge < -0.3 is 14.0 Å². The Morgan fingerprint density at radius 3 is 2.70 bits per heavy atom. The van der Waals surface area contributed by atoms with Crippen molar-refractivity contribution in [3.63, 3.8) is 0 Å². The summed E-state index contributed by atoms with van der Waals surface area (Å²) in [4.78, 5) is 7.12. The summed E-state index contributed by atoms with van der Waals surface area (Å²) in [5, 5.41) is 8.58. The van der Waals surface area contributed by atoms with Crippen LogP contribution in [0.5, 0.6) is 0 Å². The molecule has 2 aliphatic rings. The normalized spacial score (nSPS) is 20.5. The number of aryl methyl sites for hydroxylation is 2. The van der Waals surface area contributed by atoms with Crippen LogP contribution in [-0.4, -0.2) is 35.3 Å². The van der Waals surface area contributed by atoms with Crippen LogP contribution in [0, 0.1) is 6.92 Å². The van der Waals surface area contributed by atoms with Crippen LogP contribution in [0.1, 0.15) is 35.9 Å². The summed E-state index contributed by atoms with van der Waals surface area (Å²) in [6, 6.07) is 11.0. The molecule has 0 fully saturated rings. The van der Waals surface area contributed by atoms with Gasteiger partial charge in [-0.2, -0.15) is 0 Å². The first-order chi connectivity index (χ1) is 13.2. The molecule has 4 heterocycles. The molecule has 0 spiro atoms. The molecule has 2 unspecified atom stereocenters. The third kappa shape index (κ3) is 2.60. The first-order valence-electron chi connectivity index (χ1n) is 9.39. The number of rotatable bonds is 4. The molecule has 6 heteroatoms. The van der Waals surface area contributed by atoms with E-state index in [4.69, 9.17) is 0 Å². The molecule has 27 heavy (non-hydrogen) atoms. The quantitative estimate of drug-likeness (QED) is 0.718. The largest absolute Gasteiger partial charge is 0.357 e. The number of nitrogens with zero attached hydrogens (tertiary/aromatic N) is 6. The van der Waals surface area contributed by atoms with E-state index < -0.39 is 0 Å². The van der Waals surface area contributed by atoms with Crippen LogP contribution in [0.3, 0.4) is 0 Å². The van der Waals surface area contributed by atoms with Gasteiger partial charge in [0.1, 0.15) is 11.5 Å². The molecule has 5 rings (SSSR count). The number of hydrogen-bond donors (Lipinski definition) is 0. The first-order valence-corrected chi connectivity index (χ1v) is 9.39. The van der Waals surface area contributed by atoms with Crippen LogP contribution in [0.15, 0.2) is 55.0 Å². The predicted molar refractivity (Wildman–Crippen MR) is 104 cm³/mol. The lowest BCUT2D eigenvalue weighted by molar-refractivity contribution is 0.299. The van der Waals surface area contributed by atoms with Crippen molar-refractivity contribution in [2.75, 3.05) is 0 Å². The van der Waals surface area contributed by atoms with Crippen molar-refractivity contribution in [3.8, 4) is 0 Å². The lowest BCUT2D eigenvalue weighted by Gasteiger charge is -2.32. The Balaban J connectivity index is 1.59. The van der Waals surface area contributed by atoms with Gasteiger partial charge in [0.05, 0.1) is 24.1 Å². The summed E-state index contributed by atoms with van der Waals surface area (Å²) in [7, 11) is 0. The third-order valence-electron chi connectivity index (χ3n) is 5.44. The SMILES string of the molecule is CCn1cnc(C2=CC3C(C=Cc4nnc(C)n43)N2Cc2ccccc2)c1. The Hall–Kier alpha value is -3.15. The zero-order valence-corrected chi connectivity index (χ0v) is 15.5. The van der Waals surface area contributed by atoms with Crippen LogP contribution in [0.2, 0.25) is 0 Å². The molecule has 2 atom stereocenters. The van der Waals surface area contributed by atoms with Gasteiger partial charge in [0.15, 0.2) is 5.82 Å². The molecule has 6 nitrogen and oxygen atoms in total. The van der Waals surface area contributed by atoms with Gasteiger partial charge in [0.2, 0.25) is 0 Å². The summed E-state index contributed by atoms with van der Waals surface area (Å²) in [5.41, 5.74) is 3.48. The summed E-state index contributed by atoms with van der Waals surface area (Å²) >= 11 is 0. The highest BCUT2D eigenvalue weighted by atomic mass is 15.3. The molecule has 2 aliphatic heterocycles. The second kappa shape index (κ2) is 6.23. The Bertz CT molecular complexity index is 1030. The average Bonchev–Trinajstić information content (AvgIpc) is 3.40. The number of imidazole rings is 1. The molecule has 2 aromatic heterocycles.